The number of likely N-dealkylation sites (N-methyl/N-ethyl adjacent to an activating group) is 1. The van der Waals surface area contributed by atoms with Crippen LogP contribution in [0.15, 0.2) is 24.3 Å². The van der Waals surface area contributed by atoms with Gasteiger partial charge in [0.05, 0.1) is 24.2 Å². The van der Waals surface area contributed by atoms with Gasteiger partial charge in [0.25, 0.3) is 0 Å². The van der Waals surface area contributed by atoms with E-state index in [4.69, 9.17) is 0 Å². The fraction of sp³-hybridized carbons (Fsp3) is 0.375. The summed E-state index contributed by atoms with van der Waals surface area (Å²) < 4.78 is 25.8. The molecule has 0 saturated carbocycles. The average molecular weight is 380 g/mol. The fourth-order valence-corrected chi connectivity index (χ4v) is 3.97. The van der Waals surface area contributed by atoms with Gasteiger partial charge in [0.15, 0.2) is 0 Å². The second-order valence-corrected chi connectivity index (χ2v) is 9.16. The number of nitrogens with zero attached hydrogens (tertiary/aromatic N) is 3. The van der Waals surface area contributed by atoms with Gasteiger partial charge in [0.2, 0.25) is 15.9 Å². The first-order valence-corrected chi connectivity index (χ1v) is 10.7. The molecule has 0 unspecified atom stereocenters. The Hall–Kier alpha value is -1.84. The molecule has 1 aromatic carbocycles. The van der Waals surface area contributed by atoms with Crippen molar-refractivity contribution in [3.05, 3.63) is 41.1 Å². The smallest absolute Gasteiger partial charge is 0.240 e. The number of amides is 1. The van der Waals surface area contributed by atoms with Gasteiger partial charge in [0.1, 0.15) is 5.82 Å². The van der Waals surface area contributed by atoms with E-state index in [-0.39, 0.29) is 12.5 Å². The van der Waals surface area contributed by atoms with Crippen molar-refractivity contribution < 1.29 is 13.2 Å². The van der Waals surface area contributed by atoms with Crippen LogP contribution in [-0.2, 0) is 26.3 Å². The SMILES string of the molecule is Cc1cccc(-n2nc3c(c2NC(=O)CN(C)S(C)(=O)=O)CSC3)c1. The minimum Gasteiger partial charge on any atom is -0.309 e. The topological polar surface area (TPSA) is 84.3 Å². The molecule has 1 aliphatic rings. The van der Waals surface area contributed by atoms with Gasteiger partial charge < -0.3 is 5.32 Å². The molecule has 1 N–H and O–H groups in total. The molecule has 0 saturated heterocycles. The highest BCUT2D eigenvalue weighted by atomic mass is 32.2. The molecule has 0 radical (unpaired) electrons. The molecule has 1 aromatic heterocycles. The van der Waals surface area contributed by atoms with Crippen LogP contribution in [0, 0.1) is 6.92 Å². The van der Waals surface area contributed by atoms with Crippen molar-refractivity contribution in [1.82, 2.24) is 14.1 Å². The number of hydrogen-bond donors (Lipinski definition) is 1. The highest BCUT2D eigenvalue weighted by molar-refractivity contribution is 7.98. The summed E-state index contributed by atoms with van der Waals surface area (Å²) in [4.78, 5) is 12.4. The molecule has 0 spiro atoms. The van der Waals surface area contributed by atoms with E-state index in [1.54, 1.807) is 16.4 Å². The van der Waals surface area contributed by atoms with Crippen LogP contribution < -0.4 is 5.32 Å². The summed E-state index contributed by atoms with van der Waals surface area (Å²) in [5.74, 6) is 1.82. The van der Waals surface area contributed by atoms with E-state index in [2.05, 4.69) is 10.4 Å². The Kier molecular flexibility index (Phi) is 4.90. The molecule has 2 aromatic rings. The second kappa shape index (κ2) is 6.81. The highest BCUT2D eigenvalue weighted by Crippen LogP contribution is 2.36. The van der Waals surface area contributed by atoms with E-state index < -0.39 is 10.0 Å². The van der Waals surface area contributed by atoms with Gasteiger partial charge in [-0.2, -0.15) is 21.2 Å². The summed E-state index contributed by atoms with van der Waals surface area (Å²) in [5, 5.41) is 7.49. The van der Waals surface area contributed by atoms with Crippen LogP contribution in [0.2, 0.25) is 0 Å². The Labute approximate surface area is 151 Å². The number of rotatable bonds is 5. The lowest BCUT2D eigenvalue weighted by molar-refractivity contribution is -0.116. The first kappa shape index (κ1) is 18.0. The van der Waals surface area contributed by atoms with Crippen LogP contribution in [0.25, 0.3) is 5.69 Å². The molecule has 1 amide bonds. The van der Waals surface area contributed by atoms with Gasteiger partial charge in [0, 0.05) is 24.1 Å². The van der Waals surface area contributed by atoms with Crippen molar-refractivity contribution >= 4 is 33.5 Å². The quantitative estimate of drug-likeness (QED) is 0.854. The largest absolute Gasteiger partial charge is 0.309 e. The lowest BCUT2D eigenvalue weighted by Crippen LogP contribution is -2.34. The van der Waals surface area contributed by atoms with Gasteiger partial charge in [-0.15, -0.1) is 0 Å². The molecule has 0 fully saturated rings. The Morgan fingerprint density at radius 1 is 1.40 bits per heavy atom. The fourth-order valence-electron chi connectivity index (χ4n) is 2.58. The standard InChI is InChI=1S/C16H20N4O3S2/c1-11-5-4-6-12(7-11)20-16(13-9-24-10-14(13)18-20)17-15(21)8-19(2)25(3,22)23/h4-7H,8-10H2,1-3H3,(H,17,21). The molecule has 134 valence electrons. The minimum atomic E-state index is -3.41. The lowest BCUT2D eigenvalue weighted by atomic mass is 10.2. The van der Waals surface area contributed by atoms with Crippen LogP contribution >= 0.6 is 11.8 Å². The maximum absolute atomic E-state index is 12.4. The maximum atomic E-state index is 12.4. The summed E-state index contributed by atoms with van der Waals surface area (Å²) in [6.45, 7) is 1.76. The molecule has 3 rings (SSSR count). The van der Waals surface area contributed by atoms with E-state index in [1.165, 1.54) is 7.05 Å². The van der Waals surface area contributed by atoms with E-state index in [0.29, 0.717) is 5.82 Å². The van der Waals surface area contributed by atoms with Crippen LogP contribution in [0.5, 0.6) is 0 Å². The Morgan fingerprint density at radius 2 is 2.16 bits per heavy atom. The highest BCUT2D eigenvalue weighted by Gasteiger charge is 2.25. The summed E-state index contributed by atoms with van der Waals surface area (Å²) in [5.41, 5.74) is 3.92. The molecule has 2 heterocycles. The van der Waals surface area contributed by atoms with Crippen molar-refractivity contribution in [3.63, 3.8) is 0 Å². The molecule has 0 bridgehead atoms. The lowest BCUT2D eigenvalue weighted by Gasteiger charge is -2.15. The van der Waals surface area contributed by atoms with Gasteiger partial charge in [-0.05, 0) is 24.6 Å². The average Bonchev–Trinajstić information content (AvgIpc) is 3.09. The predicted molar refractivity (Wildman–Crippen MR) is 99.4 cm³/mol. The number of thioether (sulfide) groups is 1. The summed E-state index contributed by atoms with van der Waals surface area (Å²) in [6.07, 6.45) is 1.08. The van der Waals surface area contributed by atoms with Gasteiger partial charge in [-0.25, -0.2) is 13.1 Å². The van der Waals surface area contributed by atoms with Gasteiger partial charge >= 0.3 is 0 Å². The summed E-state index contributed by atoms with van der Waals surface area (Å²) >= 11 is 1.74. The molecular weight excluding hydrogens is 360 g/mol. The maximum Gasteiger partial charge on any atom is 0.240 e. The second-order valence-electron chi connectivity index (χ2n) is 6.08. The third-order valence-corrected chi connectivity index (χ3v) is 6.22. The van der Waals surface area contributed by atoms with Crippen LogP contribution in [-0.4, -0.2) is 48.3 Å². The first-order chi connectivity index (χ1) is 11.8. The van der Waals surface area contributed by atoms with Crippen LogP contribution in [0.3, 0.4) is 0 Å². The van der Waals surface area contributed by atoms with Crippen molar-refractivity contribution in [1.29, 1.82) is 0 Å². The molecule has 0 atom stereocenters. The van der Waals surface area contributed by atoms with Gasteiger partial charge in [-0.3, -0.25) is 4.79 Å². The van der Waals surface area contributed by atoms with Crippen molar-refractivity contribution in [3.8, 4) is 5.69 Å². The molecule has 1 aliphatic heterocycles. The normalized spacial score (nSPS) is 13.9. The van der Waals surface area contributed by atoms with E-state index in [1.807, 2.05) is 31.2 Å². The Bertz CT molecular complexity index is 921. The number of fused-ring (bicyclic) bond motifs is 1. The van der Waals surface area contributed by atoms with Crippen molar-refractivity contribution in [2.24, 2.45) is 0 Å². The number of benzene rings is 1. The summed E-state index contributed by atoms with van der Waals surface area (Å²) in [6, 6.07) is 7.86. The number of anilines is 1. The Morgan fingerprint density at radius 3 is 2.84 bits per heavy atom. The molecule has 9 heteroatoms. The van der Waals surface area contributed by atoms with Crippen molar-refractivity contribution in [2.45, 2.75) is 18.4 Å². The third kappa shape index (κ3) is 3.88. The van der Waals surface area contributed by atoms with E-state index in [9.17, 15) is 13.2 Å². The molecule has 7 nitrogen and oxygen atoms in total. The zero-order valence-corrected chi connectivity index (χ0v) is 15.9. The number of carbonyl (C=O) groups is 1. The zero-order chi connectivity index (χ0) is 18.2. The summed E-state index contributed by atoms with van der Waals surface area (Å²) in [7, 11) is -2.03. The van der Waals surface area contributed by atoms with E-state index in [0.717, 1.165) is 44.6 Å². The molecular formula is C16H20N4O3S2. The minimum absolute atomic E-state index is 0.236. The first-order valence-electron chi connectivity index (χ1n) is 7.72. The molecule has 0 aliphatic carbocycles. The van der Waals surface area contributed by atoms with Crippen molar-refractivity contribution in [2.75, 3.05) is 25.2 Å². The van der Waals surface area contributed by atoms with Crippen LogP contribution in [0.1, 0.15) is 16.8 Å². The third-order valence-electron chi connectivity index (χ3n) is 3.99. The number of nitrogens with one attached hydrogen (secondary N) is 1. The molecule has 25 heavy (non-hydrogen) atoms. The monoisotopic (exact) mass is 380 g/mol. The number of hydrogen-bond acceptors (Lipinski definition) is 5. The zero-order valence-electron chi connectivity index (χ0n) is 14.3. The number of sulfonamides is 1. The Balaban J connectivity index is 1.92. The number of aromatic nitrogens is 2. The van der Waals surface area contributed by atoms with Crippen LogP contribution in [0.4, 0.5) is 5.82 Å². The number of aryl methyl sites for hydroxylation is 1. The van der Waals surface area contributed by atoms with Gasteiger partial charge in [-0.1, -0.05) is 12.1 Å². The number of carbonyl (C=O) groups excluding carboxylic acids is 1. The predicted octanol–water partition coefficient (Wildman–Crippen LogP) is 1.76. The van der Waals surface area contributed by atoms with E-state index >= 15 is 0 Å².